The Morgan fingerprint density at radius 2 is 1.66 bits per heavy atom. The number of allylic oxidation sites excluding steroid dienone is 1. The van der Waals surface area contributed by atoms with Crippen LogP contribution in [0.1, 0.15) is 44.6 Å². The van der Waals surface area contributed by atoms with Crippen LogP contribution < -0.4 is 4.74 Å². The van der Waals surface area contributed by atoms with E-state index in [1.165, 1.54) is 12.1 Å². The number of hydrogen-bond acceptors (Lipinski definition) is 3. The molecule has 4 aromatic rings. The highest BCUT2D eigenvalue weighted by Gasteiger charge is 2.39. The van der Waals surface area contributed by atoms with Gasteiger partial charge >= 0.3 is 6.18 Å². The van der Waals surface area contributed by atoms with Crippen LogP contribution in [0.3, 0.4) is 0 Å². The topological polar surface area (TPSA) is 47.1 Å². The summed E-state index contributed by atoms with van der Waals surface area (Å²) in [5, 5.41) is 0.0733. The van der Waals surface area contributed by atoms with E-state index in [0.717, 1.165) is 45.6 Å². The molecular formula is C30H33F3N2O2Si. The Kier molecular flexibility index (Phi) is 7.48. The average molecular weight is 539 g/mol. The van der Waals surface area contributed by atoms with Crippen LogP contribution in [0.5, 0.6) is 5.75 Å². The predicted molar refractivity (Wildman–Crippen MR) is 149 cm³/mol. The lowest BCUT2D eigenvalue weighted by atomic mass is 9.98. The highest BCUT2D eigenvalue weighted by atomic mass is 28.4. The van der Waals surface area contributed by atoms with E-state index in [4.69, 9.17) is 9.16 Å². The lowest BCUT2D eigenvalue weighted by Crippen LogP contribution is -2.40. The molecule has 0 aliphatic rings. The number of alkyl halides is 3. The molecule has 0 aliphatic heterocycles. The minimum Gasteiger partial charge on any atom is -0.543 e. The fourth-order valence-electron chi connectivity index (χ4n) is 3.84. The van der Waals surface area contributed by atoms with Crippen molar-refractivity contribution in [2.45, 2.75) is 58.6 Å². The molecular weight excluding hydrogens is 505 g/mol. The Morgan fingerprint density at radius 3 is 2.29 bits per heavy atom. The number of fused-ring (bicyclic) bond motifs is 1. The lowest BCUT2D eigenvalue weighted by Gasteiger charge is -2.37. The standard InChI is InChI=1S/C30H33F3N2O2Si/c1-7-27(37-38(5,6)29(2,3)4)24-11-9-8-10-23(24)20-12-17-25-26(18-20)35-28(34-25)19-36-22-15-13-21(14-16-22)30(31,32)33/h7-18H,19H2,1-6H3,(H,34,35). The van der Waals surface area contributed by atoms with Crippen LogP contribution in [0.4, 0.5) is 13.2 Å². The first-order valence-electron chi connectivity index (χ1n) is 12.5. The molecule has 1 N–H and O–H groups in total. The average Bonchev–Trinajstić information content (AvgIpc) is 3.27. The van der Waals surface area contributed by atoms with E-state index < -0.39 is 20.1 Å². The highest BCUT2D eigenvalue weighted by molar-refractivity contribution is 6.74. The van der Waals surface area contributed by atoms with Crippen molar-refractivity contribution in [2.24, 2.45) is 0 Å². The minimum atomic E-state index is -4.38. The zero-order valence-electron chi connectivity index (χ0n) is 22.5. The third-order valence-electron chi connectivity index (χ3n) is 7.03. The van der Waals surface area contributed by atoms with E-state index in [-0.39, 0.29) is 11.6 Å². The first-order valence-corrected chi connectivity index (χ1v) is 15.4. The molecule has 8 heteroatoms. The third kappa shape index (κ3) is 5.96. The van der Waals surface area contributed by atoms with Gasteiger partial charge < -0.3 is 14.1 Å². The molecule has 0 saturated heterocycles. The van der Waals surface area contributed by atoms with Crippen molar-refractivity contribution < 1.29 is 22.3 Å². The molecule has 0 unspecified atom stereocenters. The molecule has 3 aromatic carbocycles. The van der Waals surface area contributed by atoms with E-state index in [1.54, 1.807) is 0 Å². The van der Waals surface area contributed by atoms with Gasteiger partial charge in [0.1, 0.15) is 23.9 Å². The van der Waals surface area contributed by atoms with Crippen LogP contribution in [0.2, 0.25) is 18.1 Å². The first kappa shape index (κ1) is 27.5. The maximum atomic E-state index is 12.8. The van der Waals surface area contributed by atoms with Crippen molar-refractivity contribution in [3.05, 3.63) is 89.8 Å². The van der Waals surface area contributed by atoms with Gasteiger partial charge in [-0.05, 0) is 78.7 Å². The van der Waals surface area contributed by atoms with Crippen LogP contribution in [0, 0.1) is 0 Å². The molecule has 0 aliphatic carbocycles. The number of hydrogen-bond donors (Lipinski definition) is 1. The van der Waals surface area contributed by atoms with Crippen molar-refractivity contribution >= 4 is 25.1 Å². The summed E-state index contributed by atoms with van der Waals surface area (Å²) in [4.78, 5) is 7.85. The lowest BCUT2D eigenvalue weighted by molar-refractivity contribution is -0.137. The molecule has 0 bridgehead atoms. The molecule has 1 aromatic heterocycles. The summed E-state index contributed by atoms with van der Waals surface area (Å²) >= 11 is 0. The molecule has 1 heterocycles. The van der Waals surface area contributed by atoms with Gasteiger partial charge in [0.05, 0.1) is 16.6 Å². The number of imidazole rings is 1. The number of H-pyrrole nitrogens is 1. The van der Waals surface area contributed by atoms with Gasteiger partial charge in [-0.2, -0.15) is 13.2 Å². The van der Waals surface area contributed by atoms with Crippen molar-refractivity contribution in [1.82, 2.24) is 9.97 Å². The van der Waals surface area contributed by atoms with Gasteiger partial charge in [0, 0.05) is 5.56 Å². The van der Waals surface area contributed by atoms with Crippen LogP contribution in [0.15, 0.2) is 72.8 Å². The summed E-state index contributed by atoms with van der Waals surface area (Å²) in [6, 6.07) is 18.8. The van der Waals surface area contributed by atoms with Crippen LogP contribution in [-0.2, 0) is 17.2 Å². The summed E-state index contributed by atoms with van der Waals surface area (Å²) in [5.41, 5.74) is 4.02. The molecule has 0 fully saturated rings. The largest absolute Gasteiger partial charge is 0.543 e. The second-order valence-corrected chi connectivity index (χ2v) is 15.5. The molecule has 0 saturated carbocycles. The number of ether oxygens (including phenoxy) is 1. The Hall–Kier alpha value is -3.52. The number of nitrogens with one attached hydrogen (secondary N) is 1. The zero-order chi connectivity index (χ0) is 27.7. The Bertz CT molecular complexity index is 1450. The maximum absolute atomic E-state index is 12.8. The van der Waals surface area contributed by atoms with E-state index >= 15 is 0 Å². The van der Waals surface area contributed by atoms with Crippen LogP contribution in [0.25, 0.3) is 27.9 Å². The van der Waals surface area contributed by atoms with Crippen LogP contribution in [-0.4, -0.2) is 18.3 Å². The summed E-state index contributed by atoms with van der Waals surface area (Å²) < 4.78 is 50.7. The molecule has 38 heavy (non-hydrogen) atoms. The number of halogens is 3. The Labute approximate surface area is 222 Å². The van der Waals surface area contributed by atoms with Crippen molar-refractivity contribution in [3.63, 3.8) is 0 Å². The van der Waals surface area contributed by atoms with E-state index in [0.29, 0.717) is 11.6 Å². The summed E-state index contributed by atoms with van der Waals surface area (Å²) in [7, 11) is -2.04. The number of aromatic amines is 1. The molecule has 0 atom stereocenters. The highest BCUT2D eigenvalue weighted by Crippen LogP contribution is 2.41. The number of benzene rings is 3. The number of aromatic nitrogens is 2. The quantitative estimate of drug-likeness (QED) is 0.188. The maximum Gasteiger partial charge on any atom is 0.416 e. The van der Waals surface area contributed by atoms with Gasteiger partial charge in [0.25, 0.3) is 0 Å². The smallest absolute Gasteiger partial charge is 0.416 e. The Balaban J connectivity index is 1.57. The van der Waals surface area contributed by atoms with E-state index in [9.17, 15) is 13.2 Å². The number of rotatable bonds is 7. The molecule has 200 valence electrons. The monoisotopic (exact) mass is 538 g/mol. The molecule has 0 amide bonds. The van der Waals surface area contributed by atoms with Gasteiger partial charge in [-0.25, -0.2) is 4.98 Å². The van der Waals surface area contributed by atoms with Gasteiger partial charge in [-0.15, -0.1) is 0 Å². The number of nitrogens with zero attached hydrogens (tertiary/aromatic N) is 1. The van der Waals surface area contributed by atoms with Crippen molar-refractivity contribution in [1.29, 1.82) is 0 Å². The van der Waals surface area contributed by atoms with Gasteiger partial charge in [0.2, 0.25) is 8.32 Å². The second-order valence-electron chi connectivity index (χ2n) is 10.8. The SMILES string of the molecule is CC=C(O[Si](C)(C)C(C)(C)C)c1ccccc1-c1ccc2nc(COc3ccc(C(F)(F)F)cc3)[nH]c2c1. The normalized spacial score (nSPS) is 13.1. The minimum absolute atomic E-state index is 0.0733. The van der Waals surface area contributed by atoms with Crippen molar-refractivity contribution in [3.8, 4) is 16.9 Å². The summed E-state index contributed by atoms with van der Waals surface area (Å²) in [6.45, 7) is 13.3. The van der Waals surface area contributed by atoms with Gasteiger partial charge in [0.15, 0.2) is 0 Å². The van der Waals surface area contributed by atoms with E-state index in [1.807, 2.05) is 43.3 Å². The molecule has 0 radical (unpaired) electrons. The predicted octanol–water partition coefficient (Wildman–Crippen LogP) is 9.21. The molecule has 0 spiro atoms. The van der Waals surface area contributed by atoms with Gasteiger partial charge in [-0.1, -0.05) is 51.1 Å². The molecule has 4 rings (SSSR count). The fraction of sp³-hybridized carbons (Fsp3) is 0.300. The summed E-state index contributed by atoms with van der Waals surface area (Å²) in [5.74, 6) is 1.80. The van der Waals surface area contributed by atoms with Gasteiger partial charge in [-0.3, -0.25) is 0 Å². The van der Waals surface area contributed by atoms with E-state index in [2.05, 4.69) is 56.0 Å². The summed E-state index contributed by atoms with van der Waals surface area (Å²) in [6.07, 6.45) is -2.34. The first-order chi connectivity index (χ1) is 17.8. The van der Waals surface area contributed by atoms with Crippen molar-refractivity contribution in [2.75, 3.05) is 0 Å². The Morgan fingerprint density at radius 1 is 0.974 bits per heavy atom. The second kappa shape index (κ2) is 10.3. The fourth-order valence-corrected chi connectivity index (χ4v) is 4.92. The third-order valence-corrected chi connectivity index (χ3v) is 11.4. The van der Waals surface area contributed by atoms with Crippen LogP contribution >= 0.6 is 0 Å². The molecule has 4 nitrogen and oxygen atoms in total. The zero-order valence-corrected chi connectivity index (χ0v) is 23.5.